The van der Waals surface area contributed by atoms with E-state index in [1.54, 1.807) is 24.4 Å². The summed E-state index contributed by atoms with van der Waals surface area (Å²) in [5.41, 5.74) is 1.88. The van der Waals surface area contributed by atoms with Crippen LogP contribution in [0.25, 0.3) is 5.69 Å². The smallest absolute Gasteiger partial charge is 0.280 e. The molecule has 1 heterocycles. The summed E-state index contributed by atoms with van der Waals surface area (Å²) < 4.78 is 2.24. The topological polar surface area (TPSA) is 64.0 Å². The minimum Gasteiger partial charge on any atom is -0.319 e. The van der Waals surface area contributed by atoms with Crippen LogP contribution in [0.15, 0.2) is 70.1 Å². The highest BCUT2D eigenvalue weighted by atomic mass is 79.9. The predicted molar refractivity (Wildman–Crippen MR) is 96.7 cm³/mol. The van der Waals surface area contributed by atoms with Crippen molar-refractivity contribution in [3.05, 3.63) is 86.7 Å². The van der Waals surface area contributed by atoms with Crippen molar-refractivity contribution in [2.45, 2.75) is 6.92 Å². The molecule has 1 amide bonds. The zero-order chi connectivity index (χ0) is 17.1. The van der Waals surface area contributed by atoms with E-state index in [2.05, 4.69) is 26.3 Å². The lowest BCUT2D eigenvalue weighted by atomic mass is 10.2. The molecular formula is C18H14BrN3O2. The van der Waals surface area contributed by atoms with Crippen LogP contribution < -0.4 is 10.7 Å². The average molecular weight is 384 g/mol. The van der Waals surface area contributed by atoms with Crippen LogP contribution >= 0.6 is 15.9 Å². The van der Waals surface area contributed by atoms with E-state index in [0.29, 0.717) is 5.69 Å². The Hall–Kier alpha value is -2.73. The van der Waals surface area contributed by atoms with E-state index in [9.17, 15) is 9.59 Å². The van der Waals surface area contributed by atoms with Gasteiger partial charge in [0.15, 0.2) is 5.69 Å². The van der Waals surface area contributed by atoms with Crippen LogP contribution in [0.1, 0.15) is 16.1 Å². The van der Waals surface area contributed by atoms with Gasteiger partial charge < -0.3 is 5.32 Å². The fraction of sp³-hybridized carbons (Fsp3) is 0.0556. The predicted octanol–water partition coefficient (Wildman–Crippen LogP) is 3.56. The number of aryl methyl sites for hydroxylation is 1. The molecule has 0 saturated carbocycles. The van der Waals surface area contributed by atoms with Gasteiger partial charge in [0.05, 0.1) is 11.4 Å². The Bertz CT molecular complexity index is 949. The summed E-state index contributed by atoms with van der Waals surface area (Å²) in [6.45, 7) is 1.99. The summed E-state index contributed by atoms with van der Waals surface area (Å²) in [7, 11) is 0. The van der Waals surface area contributed by atoms with Crippen LogP contribution in [0.2, 0.25) is 0 Å². The fourth-order valence-electron chi connectivity index (χ4n) is 2.15. The molecule has 0 spiro atoms. The Balaban J connectivity index is 1.94. The van der Waals surface area contributed by atoms with Crippen LogP contribution in [-0.2, 0) is 0 Å². The standard InChI is InChI=1S/C18H14BrN3O2/c1-12-6-8-13(9-7-12)22-11-10-16(23)17(21-22)18(24)20-15-5-3-2-4-14(15)19/h2-11H,1H3,(H,20,24). The Labute approximate surface area is 147 Å². The number of rotatable bonds is 3. The second-order valence-corrected chi connectivity index (χ2v) is 6.10. The molecule has 3 rings (SSSR count). The van der Waals surface area contributed by atoms with E-state index in [1.807, 2.05) is 37.3 Å². The van der Waals surface area contributed by atoms with Crippen LogP contribution in [0.5, 0.6) is 0 Å². The molecule has 0 bridgehead atoms. The molecule has 2 aromatic carbocycles. The largest absolute Gasteiger partial charge is 0.319 e. The van der Waals surface area contributed by atoms with Gasteiger partial charge in [0, 0.05) is 16.7 Å². The molecule has 1 N–H and O–H groups in total. The number of halogens is 1. The second kappa shape index (κ2) is 6.80. The van der Waals surface area contributed by atoms with E-state index in [4.69, 9.17) is 0 Å². The van der Waals surface area contributed by atoms with Gasteiger partial charge in [0.2, 0.25) is 5.43 Å². The first-order valence-electron chi connectivity index (χ1n) is 7.27. The van der Waals surface area contributed by atoms with Crippen molar-refractivity contribution in [1.82, 2.24) is 9.78 Å². The summed E-state index contributed by atoms with van der Waals surface area (Å²) in [6.07, 6.45) is 1.54. The van der Waals surface area contributed by atoms with Gasteiger partial charge >= 0.3 is 0 Å². The number of nitrogens with one attached hydrogen (secondary N) is 1. The molecule has 0 unspecified atom stereocenters. The number of carbonyl (C=O) groups excluding carboxylic acids is 1. The van der Waals surface area contributed by atoms with E-state index in [-0.39, 0.29) is 5.69 Å². The third-order valence-corrected chi connectivity index (χ3v) is 4.14. The fourth-order valence-corrected chi connectivity index (χ4v) is 2.53. The van der Waals surface area contributed by atoms with Crippen LogP contribution in [-0.4, -0.2) is 15.7 Å². The highest BCUT2D eigenvalue weighted by Gasteiger charge is 2.14. The first-order chi connectivity index (χ1) is 11.5. The molecule has 0 saturated heterocycles. The summed E-state index contributed by atoms with van der Waals surface area (Å²) in [4.78, 5) is 24.4. The van der Waals surface area contributed by atoms with Gasteiger partial charge in [-0.1, -0.05) is 29.8 Å². The number of hydrogen-bond donors (Lipinski definition) is 1. The van der Waals surface area contributed by atoms with Crippen molar-refractivity contribution in [2.24, 2.45) is 0 Å². The van der Waals surface area contributed by atoms with Crippen LogP contribution in [0, 0.1) is 6.92 Å². The van der Waals surface area contributed by atoms with E-state index in [0.717, 1.165) is 15.7 Å². The van der Waals surface area contributed by atoms with E-state index >= 15 is 0 Å². The Morgan fingerprint density at radius 2 is 1.79 bits per heavy atom. The lowest BCUT2D eigenvalue weighted by Crippen LogP contribution is -2.25. The van der Waals surface area contributed by atoms with E-state index < -0.39 is 11.3 Å². The highest BCUT2D eigenvalue weighted by molar-refractivity contribution is 9.10. The number of amides is 1. The molecule has 0 fully saturated rings. The zero-order valence-electron chi connectivity index (χ0n) is 12.9. The number of nitrogens with zero attached hydrogens (tertiary/aromatic N) is 2. The van der Waals surface area contributed by atoms with Crippen molar-refractivity contribution in [2.75, 3.05) is 5.32 Å². The Morgan fingerprint density at radius 1 is 1.08 bits per heavy atom. The average Bonchev–Trinajstić information content (AvgIpc) is 2.58. The van der Waals surface area contributed by atoms with Crippen LogP contribution in [0.3, 0.4) is 0 Å². The number of anilines is 1. The van der Waals surface area contributed by atoms with Crippen LogP contribution in [0.4, 0.5) is 5.69 Å². The third-order valence-electron chi connectivity index (χ3n) is 3.44. The SMILES string of the molecule is Cc1ccc(-n2ccc(=O)c(C(=O)Nc3ccccc3Br)n2)cc1. The molecule has 5 nitrogen and oxygen atoms in total. The maximum atomic E-state index is 12.4. The van der Waals surface area contributed by atoms with Gasteiger partial charge in [0.1, 0.15) is 0 Å². The maximum absolute atomic E-state index is 12.4. The zero-order valence-corrected chi connectivity index (χ0v) is 14.4. The summed E-state index contributed by atoms with van der Waals surface area (Å²) >= 11 is 3.36. The molecule has 24 heavy (non-hydrogen) atoms. The molecule has 0 aliphatic heterocycles. The van der Waals surface area contributed by atoms with Crippen molar-refractivity contribution >= 4 is 27.5 Å². The van der Waals surface area contributed by atoms with Crippen molar-refractivity contribution in [3.8, 4) is 5.69 Å². The van der Waals surface area contributed by atoms with Crippen molar-refractivity contribution in [3.63, 3.8) is 0 Å². The minimum atomic E-state index is -0.548. The molecule has 0 atom stereocenters. The van der Waals surface area contributed by atoms with Gasteiger partial charge in [-0.05, 0) is 47.1 Å². The molecule has 3 aromatic rings. The number of carbonyl (C=O) groups is 1. The van der Waals surface area contributed by atoms with Crippen molar-refractivity contribution in [1.29, 1.82) is 0 Å². The lowest BCUT2D eigenvalue weighted by Gasteiger charge is -2.09. The van der Waals surface area contributed by atoms with Gasteiger partial charge in [-0.3, -0.25) is 9.59 Å². The maximum Gasteiger partial charge on any atom is 0.280 e. The Morgan fingerprint density at radius 3 is 2.50 bits per heavy atom. The van der Waals surface area contributed by atoms with Crippen molar-refractivity contribution < 1.29 is 4.79 Å². The molecular weight excluding hydrogens is 370 g/mol. The monoisotopic (exact) mass is 383 g/mol. The number of para-hydroxylation sites is 1. The number of aromatic nitrogens is 2. The second-order valence-electron chi connectivity index (χ2n) is 5.24. The minimum absolute atomic E-state index is 0.158. The van der Waals surface area contributed by atoms with Gasteiger partial charge in [-0.2, -0.15) is 5.10 Å². The highest BCUT2D eigenvalue weighted by Crippen LogP contribution is 2.21. The first-order valence-corrected chi connectivity index (χ1v) is 8.07. The summed E-state index contributed by atoms with van der Waals surface area (Å²) in [5, 5.41) is 6.87. The Kier molecular flexibility index (Phi) is 4.57. The van der Waals surface area contributed by atoms with E-state index in [1.165, 1.54) is 10.7 Å². The lowest BCUT2D eigenvalue weighted by molar-refractivity contribution is 0.101. The molecule has 0 aliphatic carbocycles. The third kappa shape index (κ3) is 3.44. The normalized spacial score (nSPS) is 10.4. The first kappa shape index (κ1) is 16.1. The molecule has 6 heteroatoms. The summed E-state index contributed by atoms with van der Waals surface area (Å²) in [5.74, 6) is -0.548. The molecule has 0 radical (unpaired) electrons. The quantitative estimate of drug-likeness (QED) is 0.751. The molecule has 0 aliphatic rings. The molecule has 1 aromatic heterocycles. The number of benzene rings is 2. The van der Waals surface area contributed by atoms with Gasteiger partial charge in [-0.25, -0.2) is 4.68 Å². The van der Waals surface area contributed by atoms with Gasteiger partial charge in [-0.15, -0.1) is 0 Å². The van der Waals surface area contributed by atoms with Gasteiger partial charge in [0.25, 0.3) is 5.91 Å². The summed E-state index contributed by atoms with van der Waals surface area (Å²) in [6, 6.07) is 16.1. The molecule has 120 valence electrons. The number of hydrogen-bond acceptors (Lipinski definition) is 3.